The average molecular weight is 494 g/mol. The van der Waals surface area contributed by atoms with E-state index in [4.69, 9.17) is 0 Å². The van der Waals surface area contributed by atoms with Crippen molar-refractivity contribution in [3.63, 3.8) is 0 Å². The van der Waals surface area contributed by atoms with Crippen molar-refractivity contribution < 1.29 is 9.59 Å². The van der Waals surface area contributed by atoms with Gasteiger partial charge in [-0.15, -0.1) is 0 Å². The number of rotatable bonds is 9. The van der Waals surface area contributed by atoms with Crippen LogP contribution in [-0.4, -0.2) is 18.1 Å². The second-order valence-electron chi connectivity index (χ2n) is 11.0. The number of hydrogen-bond donors (Lipinski definition) is 0. The standard InChI is InChI=1S/C34H39NO2/c1-7-24(36)22-27-26-16-12-13-18-28(26)33(3,4)29(27)17-10-9-11-21-32-34(5,6)30-19-14-15-20-31(30)35(32)23-25(37)8-2/h9-21H,7-8,22-23H2,1-6H3/b11-9+,17-10+,32-21-. The highest BCUT2D eigenvalue weighted by Gasteiger charge is 2.40. The van der Waals surface area contributed by atoms with E-state index in [1.165, 1.54) is 22.3 Å². The quantitative estimate of drug-likeness (QED) is 0.334. The molecule has 2 aromatic rings. The second-order valence-corrected chi connectivity index (χ2v) is 11.0. The first-order valence-electron chi connectivity index (χ1n) is 13.4. The van der Waals surface area contributed by atoms with Gasteiger partial charge in [0.05, 0.1) is 6.54 Å². The van der Waals surface area contributed by atoms with Crippen LogP contribution in [0, 0.1) is 0 Å². The number of para-hydroxylation sites is 1. The number of nitrogens with zero attached hydrogens (tertiary/aromatic N) is 1. The van der Waals surface area contributed by atoms with Gasteiger partial charge >= 0.3 is 0 Å². The Balaban J connectivity index is 1.65. The normalized spacial score (nSPS) is 18.8. The topological polar surface area (TPSA) is 37.4 Å². The molecule has 0 bridgehead atoms. The third kappa shape index (κ3) is 4.92. The maximum Gasteiger partial charge on any atom is 0.152 e. The van der Waals surface area contributed by atoms with E-state index in [2.05, 4.69) is 105 Å². The van der Waals surface area contributed by atoms with Crippen LogP contribution in [0.2, 0.25) is 0 Å². The molecule has 192 valence electrons. The smallest absolute Gasteiger partial charge is 0.152 e. The summed E-state index contributed by atoms with van der Waals surface area (Å²) in [5, 5.41) is 0. The zero-order valence-electron chi connectivity index (χ0n) is 23.1. The first kappa shape index (κ1) is 26.6. The van der Waals surface area contributed by atoms with E-state index in [1.54, 1.807) is 0 Å². The molecule has 0 radical (unpaired) electrons. The lowest BCUT2D eigenvalue weighted by molar-refractivity contribution is -0.118. The molecule has 2 aromatic carbocycles. The van der Waals surface area contributed by atoms with Gasteiger partial charge in [-0.1, -0.05) is 108 Å². The van der Waals surface area contributed by atoms with Gasteiger partial charge in [-0.25, -0.2) is 0 Å². The molecular formula is C34H39NO2. The molecule has 3 heteroatoms. The fourth-order valence-corrected chi connectivity index (χ4v) is 5.74. The third-order valence-electron chi connectivity index (χ3n) is 7.96. The molecule has 1 aliphatic heterocycles. The Labute approximate surface area is 222 Å². The van der Waals surface area contributed by atoms with Gasteiger partial charge in [-0.3, -0.25) is 9.59 Å². The van der Waals surface area contributed by atoms with Crippen LogP contribution in [0.25, 0.3) is 5.57 Å². The molecule has 0 fully saturated rings. The van der Waals surface area contributed by atoms with Gasteiger partial charge in [-0.05, 0) is 40.0 Å². The highest BCUT2D eigenvalue weighted by Crippen LogP contribution is 2.49. The predicted octanol–water partition coefficient (Wildman–Crippen LogP) is 7.87. The molecule has 0 atom stereocenters. The van der Waals surface area contributed by atoms with E-state index in [-0.39, 0.29) is 22.4 Å². The summed E-state index contributed by atoms with van der Waals surface area (Å²) in [4.78, 5) is 27.0. The summed E-state index contributed by atoms with van der Waals surface area (Å²) in [6.07, 6.45) is 12.0. The van der Waals surface area contributed by atoms with Crippen LogP contribution in [0.1, 0.15) is 77.5 Å². The number of Topliss-reactive ketones (excluding diaryl/α,β-unsaturated/α-hetero) is 2. The maximum atomic E-state index is 12.4. The number of fused-ring (bicyclic) bond motifs is 2. The summed E-state index contributed by atoms with van der Waals surface area (Å²) in [5.41, 5.74) is 7.97. The van der Waals surface area contributed by atoms with Crippen LogP contribution in [0.5, 0.6) is 0 Å². The predicted molar refractivity (Wildman–Crippen MR) is 155 cm³/mol. The lowest BCUT2D eigenvalue weighted by Gasteiger charge is -2.26. The summed E-state index contributed by atoms with van der Waals surface area (Å²) < 4.78 is 0. The van der Waals surface area contributed by atoms with E-state index >= 15 is 0 Å². The van der Waals surface area contributed by atoms with Crippen molar-refractivity contribution in [2.75, 3.05) is 11.4 Å². The van der Waals surface area contributed by atoms with Crippen LogP contribution in [0.15, 0.2) is 90.2 Å². The van der Waals surface area contributed by atoms with Crippen molar-refractivity contribution in [2.45, 2.75) is 71.6 Å². The van der Waals surface area contributed by atoms with Crippen molar-refractivity contribution in [3.05, 3.63) is 107 Å². The summed E-state index contributed by atoms with van der Waals surface area (Å²) in [6, 6.07) is 16.8. The molecule has 0 aromatic heterocycles. The summed E-state index contributed by atoms with van der Waals surface area (Å²) in [5.74, 6) is 0.491. The molecule has 0 N–H and O–H groups in total. The van der Waals surface area contributed by atoms with Gasteiger partial charge in [0.1, 0.15) is 5.78 Å². The molecule has 0 amide bonds. The van der Waals surface area contributed by atoms with Crippen LogP contribution in [0.4, 0.5) is 5.69 Å². The van der Waals surface area contributed by atoms with Gasteiger partial charge < -0.3 is 4.90 Å². The Morgan fingerprint density at radius 1 is 0.784 bits per heavy atom. The Bertz CT molecular complexity index is 1330. The molecule has 1 aliphatic carbocycles. The minimum atomic E-state index is -0.191. The average Bonchev–Trinajstić information content (AvgIpc) is 3.23. The molecule has 0 unspecified atom stereocenters. The molecular weight excluding hydrogens is 454 g/mol. The number of benzene rings is 2. The number of allylic oxidation sites excluding steroid dienone is 8. The molecule has 1 heterocycles. The largest absolute Gasteiger partial charge is 0.337 e. The van der Waals surface area contributed by atoms with Crippen molar-refractivity contribution in [2.24, 2.45) is 0 Å². The molecule has 37 heavy (non-hydrogen) atoms. The highest BCUT2D eigenvalue weighted by molar-refractivity contribution is 5.95. The molecule has 3 nitrogen and oxygen atoms in total. The van der Waals surface area contributed by atoms with Gasteiger partial charge in [0.25, 0.3) is 0 Å². The minimum absolute atomic E-state index is 0.158. The Hall–Kier alpha value is -3.46. The molecule has 2 aliphatic rings. The number of carbonyl (C=O) groups is 2. The van der Waals surface area contributed by atoms with Crippen molar-refractivity contribution in [3.8, 4) is 0 Å². The molecule has 0 spiro atoms. The van der Waals surface area contributed by atoms with Gasteiger partial charge in [0.2, 0.25) is 0 Å². The van der Waals surface area contributed by atoms with Gasteiger partial charge in [-0.2, -0.15) is 0 Å². The van der Waals surface area contributed by atoms with Crippen molar-refractivity contribution >= 4 is 22.8 Å². The number of anilines is 1. The Kier molecular flexibility index (Phi) is 7.54. The van der Waals surface area contributed by atoms with Gasteiger partial charge in [0.15, 0.2) is 5.78 Å². The third-order valence-corrected chi connectivity index (χ3v) is 7.96. The molecule has 0 saturated heterocycles. The van der Waals surface area contributed by atoms with Crippen molar-refractivity contribution in [1.82, 2.24) is 0 Å². The first-order chi connectivity index (χ1) is 17.6. The summed E-state index contributed by atoms with van der Waals surface area (Å²) in [7, 11) is 0. The maximum absolute atomic E-state index is 12.4. The van der Waals surface area contributed by atoms with Crippen LogP contribution < -0.4 is 4.90 Å². The summed E-state index contributed by atoms with van der Waals surface area (Å²) >= 11 is 0. The monoisotopic (exact) mass is 493 g/mol. The number of ketones is 2. The second kappa shape index (κ2) is 10.5. The van der Waals surface area contributed by atoms with Crippen LogP contribution >= 0.6 is 0 Å². The fraction of sp³-hybridized carbons (Fsp3) is 0.353. The number of hydrogen-bond acceptors (Lipinski definition) is 3. The van der Waals surface area contributed by atoms with Crippen molar-refractivity contribution in [1.29, 1.82) is 0 Å². The zero-order valence-corrected chi connectivity index (χ0v) is 23.1. The van der Waals surface area contributed by atoms with Gasteiger partial charge in [0, 0.05) is 41.5 Å². The van der Waals surface area contributed by atoms with E-state index < -0.39 is 0 Å². The van der Waals surface area contributed by atoms with E-state index in [1.807, 2.05) is 19.9 Å². The SMILES string of the molecule is CCC(=O)CC1=C(/C=C/C=C/C=C2\N(CC(=O)CC)c3ccccc3C2(C)C)C(C)(C)c2ccccc21. The summed E-state index contributed by atoms with van der Waals surface area (Å²) in [6.45, 7) is 13.2. The fourth-order valence-electron chi connectivity index (χ4n) is 5.74. The lowest BCUT2D eigenvalue weighted by atomic mass is 9.81. The Morgan fingerprint density at radius 2 is 1.43 bits per heavy atom. The lowest BCUT2D eigenvalue weighted by Crippen LogP contribution is -2.30. The Morgan fingerprint density at radius 3 is 2.14 bits per heavy atom. The molecule has 4 rings (SSSR count). The van der Waals surface area contributed by atoms with E-state index in [0.717, 1.165) is 17.0 Å². The first-order valence-corrected chi connectivity index (χ1v) is 13.4. The van der Waals surface area contributed by atoms with E-state index in [0.29, 0.717) is 25.8 Å². The number of carbonyl (C=O) groups excluding carboxylic acids is 2. The van der Waals surface area contributed by atoms with E-state index in [9.17, 15) is 9.59 Å². The van der Waals surface area contributed by atoms with Crippen LogP contribution in [0.3, 0.4) is 0 Å². The zero-order chi connectivity index (χ0) is 26.8. The minimum Gasteiger partial charge on any atom is -0.337 e. The van der Waals surface area contributed by atoms with Crippen LogP contribution in [-0.2, 0) is 20.4 Å². The molecule has 0 saturated carbocycles. The highest BCUT2D eigenvalue weighted by atomic mass is 16.1.